The first-order valence-corrected chi connectivity index (χ1v) is 10.1. The molecule has 0 aliphatic heterocycles. The molecule has 1 N–H and O–H groups in total. The van der Waals surface area contributed by atoms with Crippen LogP contribution in [0.5, 0.6) is 0 Å². The maximum absolute atomic E-state index is 5.47. The number of aromatic nitrogens is 3. The minimum atomic E-state index is 0.557. The molecule has 0 aliphatic carbocycles. The summed E-state index contributed by atoms with van der Waals surface area (Å²) in [6.07, 6.45) is 5.01. The minimum absolute atomic E-state index is 0.557. The number of H-pyrrole nitrogens is 1. The fourth-order valence-corrected chi connectivity index (χ4v) is 3.76. The Morgan fingerprint density at radius 2 is 1.71 bits per heavy atom. The first kappa shape index (κ1) is 18.6. The van der Waals surface area contributed by atoms with E-state index in [-0.39, 0.29) is 0 Å². The van der Waals surface area contributed by atoms with Crippen molar-refractivity contribution < 1.29 is 0 Å². The molecular weight excluding hydrogens is 362 g/mol. The van der Waals surface area contributed by atoms with Gasteiger partial charge < -0.3 is 4.98 Å². The van der Waals surface area contributed by atoms with Crippen LogP contribution in [0.4, 0.5) is 0 Å². The van der Waals surface area contributed by atoms with Crippen molar-refractivity contribution in [2.75, 3.05) is 0 Å². The van der Waals surface area contributed by atoms with Gasteiger partial charge in [-0.05, 0) is 66.2 Å². The van der Waals surface area contributed by atoms with Crippen LogP contribution in [0, 0.1) is 24.5 Å². The maximum atomic E-state index is 5.47. The van der Waals surface area contributed by atoms with Gasteiger partial charge in [-0.2, -0.15) is 0 Å². The molecule has 142 valence electrons. The van der Waals surface area contributed by atoms with Crippen LogP contribution in [0.3, 0.4) is 0 Å². The van der Waals surface area contributed by atoms with E-state index >= 15 is 0 Å². The number of aryl methyl sites for hydroxylation is 2. The zero-order chi connectivity index (χ0) is 19.8. The molecule has 0 aliphatic rings. The normalized spacial score (nSPS) is 11.5. The summed E-state index contributed by atoms with van der Waals surface area (Å²) >= 11 is 5.47. The SMILES string of the molecule is Cc1ccc(-c2cnc(=S)n3cc(-c4ccc(CC(C)C)cc4)[nH]c23)cc1C. The van der Waals surface area contributed by atoms with Crippen molar-refractivity contribution >= 4 is 17.9 Å². The van der Waals surface area contributed by atoms with Crippen molar-refractivity contribution in [3.05, 3.63) is 76.3 Å². The van der Waals surface area contributed by atoms with Crippen LogP contribution < -0.4 is 0 Å². The van der Waals surface area contributed by atoms with E-state index in [0.717, 1.165) is 34.5 Å². The van der Waals surface area contributed by atoms with Gasteiger partial charge in [-0.25, -0.2) is 4.98 Å². The molecule has 0 saturated heterocycles. The third-order valence-electron chi connectivity index (χ3n) is 5.24. The fraction of sp³-hybridized carbons (Fsp3) is 0.250. The second kappa shape index (κ2) is 7.36. The largest absolute Gasteiger partial charge is 0.339 e. The molecule has 0 unspecified atom stereocenters. The Morgan fingerprint density at radius 3 is 2.39 bits per heavy atom. The van der Waals surface area contributed by atoms with Gasteiger partial charge in [0, 0.05) is 18.0 Å². The van der Waals surface area contributed by atoms with Gasteiger partial charge in [0.2, 0.25) is 4.77 Å². The third kappa shape index (κ3) is 3.52. The number of nitrogens with one attached hydrogen (secondary N) is 1. The monoisotopic (exact) mass is 387 g/mol. The summed E-state index contributed by atoms with van der Waals surface area (Å²) in [6, 6.07) is 15.3. The van der Waals surface area contributed by atoms with E-state index < -0.39 is 0 Å². The Hall–Kier alpha value is -2.72. The number of benzene rings is 2. The van der Waals surface area contributed by atoms with Crippen LogP contribution >= 0.6 is 12.2 Å². The predicted molar refractivity (Wildman–Crippen MR) is 119 cm³/mol. The molecule has 0 bridgehead atoms. The molecule has 28 heavy (non-hydrogen) atoms. The lowest BCUT2D eigenvalue weighted by molar-refractivity contribution is 0.647. The Labute approximate surface area is 171 Å². The van der Waals surface area contributed by atoms with E-state index in [1.807, 2.05) is 16.8 Å². The number of nitrogens with zero attached hydrogens (tertiary/aromatic N) is 2. The average Bonchev–Trinajstić information content (AvgIpc) is 3.11. The average molecular weight is 388 g/mol. The smallest absolute Gasteiger partial charge is 0.205 e. The summed E-state index contributed by atoms with van der Waals surface area (Å²) in [4.78, 5) is 8.02. The van der Waals surface area contributed by atoms with Crippen molar-refractivity contribution in [3.63, 3.8) is 0 Å². The maximum Gasteiger partial charge on any atom is 0.205 e. The fourth-order valence-electron chi connectivity index (χ4n) is 3.56. The highest BCUT2D eigenvalue weighted by Gasteiger charge is 2.11. The summed E-state index contributed by atoms with van der Waals surface area (Å²) in [5.74, 6) is 0.656. The van der Waals surface area contributed by atoms with E-state index in [9.17, 15) is 0 Å². The Kier molecular flexibility index (Phi) is 4.90. The van der Waals surface area contributed by atoms with Gasteiger partial charge in [0.1, 0.15) is 5.65 Å². The van der Waals surface area contributed by atoms with Crippen LogP contribution in [0.25, 0.3) is 28.0 Å². The highest BCUT2D eigenvalue weighted by atomic mass is 32.1. The van der Waals surface area contributed by atoms with Gasteiger partial charge in [0.25, 0.3) is 0 Å². The molecule has 3 nitrogen and oxygen atoms in total. The zero-order valence-electron chi connectivity index (χ0n) is 16.8. The van der Waals surface area contributed by atoms with Gasteiger partial charge >= 0.3 is 0 Å². The molecule has 0 radical (unpaired) electrons. The quantitative estimate of drug-likeness (QED) is 0.403. The number of aromatic amines is 1. The van der Waals surface area contributed by atoms with Crippen molar-refractivity contribution in [3.8, 4) is 22.4 Å². The Morgan fingerprint density at radius 1 is 1.00 bits per heavy atom. The molecule has 2 heterocycles. The van der Waals surface area contributed by atoms with Crippen LogP contribution in [-0.2, 0) is 6.42 Å². The second-order valence-electron chi connectivity index (χ2n) is 7.93. The summed E-state index contributed by atoms with van der Waals surface area (Å²) < 4.78 is 2.53. The first-order chi connectivity index (χ1) is 13.4. The number of hydrogen-bond donors (Lipinski definition) is 1. The summed E-state index contributed by atoms with van der Waals surface area (Å²) in [5, 5.41) is 0. The summed E-state index contributed by atoms with van der Waals surface area (Å²) in [7, 11) is 0. The number of rotatable bonds is 4. The van der Waals surface area contributed by atoms with Crippen LogP contribution in [0.2, 0.25) is 0 Å². The van der Waals surface area contributed by atoms with Crippen LogP contribution in [0.1, 0.15) is 30.5 Å². The molecule has 4 rings (SSSR count). The standard InChI is InChI=1S/C24H25N3S/c1-15(2)11-18-6-9-19(10-7-18)22-14-27-23(26-22)21(13-25-24(27)28)20-8-5-16(3)17(4)12-20/h5-10,12-15,26H,11H2,1-4H3. The molecule has 2 aromatic heterocycles. The van der Waals surface area contributed by atoms with Gasteiger partial charge in [0.15, 0.2) is 0 Å². The molecule has 0 atom stereocenters. The molecule has 0 spiro atoms. The number of hydrogen-bond acceptors (Lipinski definition) is 2. The Bertz CT molecular complexity index is 1200. The van der Waals surface area contributed by atoms with E-state index in [2.05, 4.69) is 80.1 Å². The minimum Gasteiger partial charge on any atom is -0.339 e. The van der Waals surface area contributed by atoms with E-state index in [0.29, 0.717) is 10.7 Å². The van der Waals surface area contributed by atoms with Crippen LogP contribution in [-0.4, -0.2) is 14.4 Å². The molecule has 4 heteroatoms. The summed E-state index contributed by atoms with van der Waals surface area (Å²) in [6.45, 7) is 8.75. The first-order valence-electron chi connectivity index (χ1n) is 9.69. The van der Waals surface area contributed by atoms with E-state index in [1.54, 1.807) is 0 Å². The molecule has 0 amide bonds. The van der Waals surface area contributed by atoms with Crippen molar-refractivity contribution in [2.24, 2.45) is 5.92 Å². The van der Waals surface area contributed by atoms with Gasteiger partial charge in [-0.1, -0.05) is 56.3 Å². The lowest BCUT2D eigenvalue weighted by Gasteiger charge is -2.07. The van der Waals surface area contributed by atoms with Crippen molar-refractivity contribution in [2.45, 2.75) is 34.1 Å². The molecular formula is C24H25N3S. The van der Waals surface area contributed by atoms with Crippen molar-refractivity contribution in [1.82, 2.24) is 14.4 Å². The zero-order valence-corrected chi connectivity index (χ0v) is 17.6. The molecule has 2 aromatic carbocycles. The predicted octanol–water partition coefficient (Wildman–Crippen LogP) is 6.54. The number of imidazole rings is 1. The third-order valence-corrected chi connectivity index (χ3v) is 5.55. The highest BCUT2D eigenvalue weighted by Crippen LogP contribution is 2.28. The molecule has 0 fully saturated rings. The number of fused-ring (bicyclic) bond motifs is 1. The Balaban J connectivity index is 1.81. The van der Waals surface area contributed by atoms with Crippen LogP contribution in [0.15, 0.2) is 54.9 Å². The topological polar surface area (TPSA) is 33.1 Å². The lowest BCUT2D eigenvalue weighted by atomic mass is 10.0. The second-order valence-corrected chi connectivity index (χ2v) is 8.30. The molecule has 0 saturated carbocycles. The van der Waals surface area contributed by atoms with Crippen molar-refractivity contribution in [1.29, 1.82) is 0 Å². The lowest BCUT2D eigenvalue weighted by Crippen LogP contribution is -1.93. The summed E-state index contributed by atoms with van der Waals surface area (Å²) in [5.41, 5.74) is 9.29. The van der Waals surface area contributed by atoms with Gasteiger partial charge in [-0.15, -0.1) is 0 Å². The van der Waals surface area contributed by atoms with Gasteiger partial charge in [-0.3, -0.25) is 4.40 Å². The molecule has 4 aromatic rings. The highest BCUT2D eigenvalue weighted by molar-refractivity contribution is 7.71. The van der Waals surface area contributed by atoms with E-state index in [1.165, 1.54) is 16.7 Å². The van der Waals surface area contributed by atoms with Gasteiger partial charge in [0.05, 0.1) is 5.69 Å². The van der Waals surface area contributed by atoms with E-state index in [4.69, 9.17) is 12.2 Å².